The van der Waals surface area contributed by atoms with Crippen LogP contribution in [0.4, 0.5) is 5.69 Å². The Labute approximate surface area is 127 Å². The molecule has 2 N–H and O–H groups in total. The zero-order chi connectivity index (χ0) is 14.5. The van der Waals surface area contributed by atoms with E-state index in [0.29, 0.717) is 5.02 Å². The second-order valence-electron chi connectivity index (χ2n) is 4.22. The fraction of sp³-hybridized carbons (Fsp3) is 0.133. The lowest BCUT2D eigenvalue weighted by atomic mass is 10.2. The predicted octanol–water partition coefficient (Wildman–Crippen LogP) is 3.94. The second kappa shape index (κ2) is 6.79. The van der Waals surface area contributed by atoms with E-state index >= 15 is 0 Å². The van der Waals surface area contributed by atoms with Gasteiger partial charge in [0.25, 0.3) is 0 Å². The summed E-state index contributed by atoms with van der Waals surface area (Å²) in [7, 11) is 0. The molecule has 0 aromatic heterocycles. The first kappa shape index (κ1) is 14.9. The quantitative estimate of drug-likeness (QED) is 0.899. The molecule has 0 unspecified atom stereocenters. The summed E-state index contributed by atoms with van der Waals surface area (Å²) < 4.78 is 0. The molecular weight excluding hydrogens is 294 g/mol. The second-order valence-corrected chi connectivity index (χ2v) is 5.77. The third-order valence-corrected chi connectivity index (χ3v) is 3.95. The minimum atomic E-state index is -0.0863. The van der Waals surface area contributed by atoms with Gasteiger partial charge in [0.2, 0.25) is 5.91 Å². The average molecular weight is 308 g/mol. The Morgan fingerprint density at radius 1 is 1.20 bits per heavy atom. The maximum atomic E-state index is 10.9. The summed E-state index contributed by atoms with van der Waals surface area (Å²) in [5.74, 6) is -0.0863. The van der Waals surface area contributed by atoms with Crippen LogP contribution in [0.15, 0.2) is 52.3 Å². The summed E-state index contributed by atoms with van der Waals surface area (Å²) in [6, 6.07) is 13.1. The lowest BCUT2D eigenvalue weighted by Gasteiger charge is -2.06. The maximum absolute atomic E-state index is 10.9. The van der Waals surface area contributed by atoms with E-state index in [1.807, 2.05) is 42.5 Å². The molecule has 2 rings (SSSR count). The Balaban J connectivity index is 2.10. The molecule has 0 aliphatic heterocycles. The van der Waals surface area contributed by atoms with Gasteiger partial charge in [-0.15, -0.1) is 0 Å². The minimum Gasteiger partial charge on any atom is -0.392 e. The van der Waals surface area contributed by atoms with Crippen molar-refractivity contribution in [2.24, 2.45) is 0 Å². The van der Waals surface area contributed by atoms with Gasteiger partial charge in [0, 0.05) is 27.4 Å². The average Bonchev–Trinajstić information content (AvgIpc) is 2.41. The number of rotatable bonds is 4. The summed E-state index contributed by atoms with van der Waals surface area (Å²) in [5.41, 5.74) is 1.49. The van der Waals surface area contributed by atoms with E-state index in [1.165, 1.54) is 6.92 Å². The van der Waals surface area contributed by atoms with E-state index in [0.717, 1.165) is 21.0 Å². The van der Waals surface area contributed by atoms with Gasteiger partial charge in [-0.3, -0.25) is 4.79 Å². The molecule has 2 aromatic rings. The molecule has 1 amide bonds. The van der Waals surface area contributed by atoms with Crippen LogP contribution in [0.3, 0.4) is 0 Å². The van der Waals surface area contributed by atoms with Gasteiger partial charge in [-0.25, -0.2) is 0 Å². The van der Waals surface area contributed by atoms with Crippen molar-refractivity contribution in [2.45, 2.75) is 23.3 Å². The highest BCUT2D eigenvalue weighted by Crippen LogP contribution is 2.31. The third-order valence-electron chi connectivity index (χ3n) is 2.61. The molecule has 0 aliphatic rings. The van der Waals surface area contributed by atoms with Crippen LogP contribution in [0.5, 0.6) is 0 Å². The number of aliphatic hydroxyl groups excluding tert-OH is 1. The Morgan fingerprint density at radius 2 is 1.85 bits per heavy atom. The molecule has 3 nitrogen and oxygen atoms in total. The van der Waals surface area contributed by atoms with Crippen LogP contribution in [0.25, 0.3) is 0 Å². The van der Waals surface area contributed by atoms with Gasteiger partial charge in [0.15, 0.2) is 0 Å². The molecular formula is C15H14ClNO2S. The topological polar surface area (TPSA) is 49.3 Å². The van der Waals surface area contributed by atoms with Crippen LogP contribution < -0.4 is 5.32 Å². The number of carbonyl (C=O) groups excluding carboxylic acids is 1. The number of benzene rings is 2. The fourth-order valence-electron chi connectivity index (χ4n) is 1.67. The van der Waals surface area contributed by atoms with Crippen LogP contribution in [-0.2, 0) is 11.4 Å². The van der Waals surface area contributed by atoms with Crippen LogP contribution >= 0.6 is 23.4 Å². The zero-order valence-corrected chi connectivity index (χ0v) is 12.5. The number of amides is 1. The smallest absolute Gasteiger partial charge is 0.221 e. The highest BCUT2D eigenvalue weighted by atomic mass is 35.5. The SMILES string of the molecule is CC(=O)Nc1ccc(Sc2ccc(CO)c(Cl)c2)cc1. The molecule has 0 radical (unpaired) electrons. The number of hydrogen-bond donors (Lipinski definition) is 2. The highest BCUT2D eigenvalue weighted by Gasteiger charge is 2.03. The molecule has 0 atom stereocenters. The molecule has 0 saturated heterocycles. The maximum Gasteiger partial charge on any atom is 0.221 e. The van der Waals surface area contributed by atoms with Gasteiger partial charge in [-0.1, -0.05) is 29.4 Å². The Morgan fingerprint density at radius 3 is 2.40 bits per heavy atom. The van der Waals surface area contributed by atoms with Gasteiger partial charge < -0.3 is 10.4 Å². The van der Waals surface area contributed by atoms with Gasteiger partial charge >= 0.3 is 0 Å². The molecule has 0 heterocycles. The van der Waals surface area contributed by atoms with Crippen LogP contribution in [0.1, 0.15) is 12.5 Å². The lowest BCUT2D eigenvalue weighted by molar-refractivity contribution is -0.114. The fourth-order valence-corrected chi connectivity index (χ4v) is 2.83. The van der Waals surface area contributed by atoms with Crippen LogP contribution in [0.2, 0.25) is 5.02 Å². The summed E-state index contributed by atoms with van der Waals surface area (Å²) in [4.78, 5) is 13.0. The van der Waals surface area contributed by atoms with Gasteiger partial charge in [-0.05, 0) is 42.0 Å². The van der Waals surface area contributed by atoms with Crippen molar-refractivity contribution in [2.75, 3.05) is 5.32 Å². The molecule has 5 heteroatoms. The first-order chi connectivity index (χ1) is 9.58. The van der Waals surface area contributed by atoms with Crippen molar-refractivity contribution in [3.8, 4) is 0 Å². The van der Waals surface area contributed by atoms with Crippen molar-refractivity contribution < 1.29 is 9.90 Å². The third kappa shape index (κ3) is 4.00. The minimum absolute atomic E-state index is 0.0603. The highest BCUT2D eigenvalue weighted by molar-refractivity contribution is 7.99. The van der Waals surface area contributed by atoms with E-state index < -0.39 is 0 Å². The number of hydrogen-bond acceptors (Lipinski definition) is 3. The van der Waals surface area contributed by atoms with Gasteiger partial charge in [0.1, 0.15) is 0 Å². The van der Waals surface area contributed by atoms with E-state index in [9.17, 15) is 4.79 Å². The lowest BCUT2D eigenvalue weighted by Crippen LogP contribution is -2.05. The molecule has 20 heavy (non-hydrogen) atoms. The first-order valence-electron chi connectivity index (χ1n) is 6.03. The molecule has 0 fully saturated rings. The zero-order valence-electron chi connectivity index (χ0n) is 10.9. The molecule has 0 aliphatic carbocycles. The van der Waals surface area contributed by atoms with Crippen molar-refractivity contribution >= 4 is 35.0 Å². The number of nitrogens with one attached hydrogen (secondary N) is 1. The summed E-state index contributed by atoms with van der Waals surface area (Å²) in [5, 5.41) is 12.4. The normalized spacial score (nSPS) is 10.3. The first-order valence-corrected chi connectivity index (χ1v) is 7.22. The standard InChI is InChI=1S/C15H14ClNO2S/c1-10(19)17-12-3-6-13(7-4-12)20-14-5-2-11(9-18)15(16)8-14/h2-8,18H,9H2,1H3,(H,17,19). The predicted molar refractivity (Wildman–Crippen MR) is 82.2 cm³/mol. The number of halogens is 1. The largest absolute Gasteiger partial charge is 0.392 e. The molecule has 2 aromatic carbocycles. The molecule has 0 bridgehead atoms. The Hall–Kier alpha value is -1.49. The van der Waals surface area contributed by atoms with Gasteiger partial charge in [-0.2, -0.15) is 0 Å². The number of anilines is 1. The van der Waals surface area contributed by atoms with Crippen LogP contribution in [0, 0.1) is 0 Å². The monoisotopic (exact) mass is 307 g/mol. The van der Waals surface area contributed by atoms with E-state index in [1.54, 1.807) is 11.8 Å². The Kier molecular flexibility index (Phi) is 5.06. The van der Waals surface area contributed by atoms with Crippen molar-refractivity contribution in [3.63, 3.8) is 0 Å². The summed E-state index contributed by atoms with van der Waals surface area (Å²) >= 11 is 7.63. The molecule has 0 saturated carbocycles. The summed E-state index contributed by atoms with van der Waals surface area (Å²) in [6.07, 6.45) is 0. The Bertz CT molecular complexity index is 614. The van der Waals surface area contributed by atoms with Crippen molar-refractivity contribution in [3.05, 3.63) is 53.1 Å². The van der Waals surface area contributed by atoms with E-state index in [2.05, 4.69) is 5.32 Å². The van der Waals surface area contributed by atoms with E-state index in [4.69, 9.17) is 16.7 Å². The van der Waals surface area contributed by atoms with Crippen molar-refractivity contribution in [1.82, 2.24) is 0 Å². The number of carbonyl (C=O) groups is 1. The van der Waals surface area contributed by atoms with Crippen molar-refractivity contribution in [1.29, 1.82) is 0 Å². The number of aliphatic hydroxyl groups is 1. The molecule has 104 valence electrons. The van der Waals surface area contributed by atoms with E-state index in [-0.39, 0.29) is 12.5 Å². The summed E-state index contributed by atoms with van der Waals surface area (Å²) in [6.45, 7) is 1.42. The molecule has 0 spiro atoms. The van der Waals surface area contributed by atoms with Gasteiger partial charge in [0.05, 0.1) is 6.61 Å². The van der Waals surface area contributed by atoms with Crippen LogP contribution in [-0.4, -0.2) is 11.0 Å².